The predicted octanol–water partition coefficient (Wildman–Crippen LogP) is -0.353. The zero-order valence-electron chi connectivity index (χ0n) is 10.3. The van der Waals surface area contributed by atoms with Gasteiger partial charge in [0.25, 0.3) is 0 Å². The van der Waals surface area contributed by atoms with Crippen molar-refractivity contribution in [3.05, 3.63) is 0 Å². The van der Waals surface area contributed by atoms with E-state index in [1.807, 2.05) is 0 Å². The van der Waals surface area contributed by atoms with Crippen LogP contribution in [0.5, 0.6) is 0 Å². The van der Waals surface area contributed by atoms with Crippen molar-refractivity contribution in [3.63, 3.8) is 0 Å². The Morgan fingerprint density at radius 3 is 2.59 bits per heavy atom. The van der Waals surface area contributed by atoms with Gasteiger partial charge in [-0.05, 0) is 13.8 Å². The van der Waals surface area contributed by atoms with Gasteiger partial charge in [-0.1, -0.05) is 0 Å². The molecule has 2 fully saturated rings. The zero-order chi connectivity index (χ0) is 12.4. The van der Waals surface area contributed by atoms with Crippen LogP contribution >= 0.6 is 0 Å². The Morgan fingerprint density at radius 1 is 1.41 bits per heavy atom. The lowest BCUT2D eigenvalue weighted by Crippen LogP contribution is -2.56. The number of piperazine rings is 1. The van der Waals surface area contributed by atoms with E-state index in [0.29, 0.717) is 31.8 Å². The van der Waals surface area contributed by atoms with Gasteiger partial charge in [-0.2, -0.15) is 0 Å². The molecule has 2 heterocycles. The number of rotatable bonds is 2. The third-order valence-corrected chi connectivity index (χ3v) is 3.05. The zero-order valence-corrected chi connectivity index (χ0v) is 10.3. The molecule has 2 rings (SSSR count). The Bertz CT molecular complexity index is 311. The largest absolute Gasteiger partial charge is 0.447 e. The first-order valence-electron chi connectivity index (χ1n) is 6.02. The summed E-state index contributed by atoms with van der Waals surface area (Å²) in [4.78, 5) is 26.4. The van der Waals surface area contributed by atoms with Gasteiger partial charge in [0, 0.05) is 25.2 Å². The fraction of sp³-hybridized carbons (Fsp3) is 0.818. The van der Waals surface area contributed by atoms with Crippen molar-refractivity contribution in [1.82, 2.24) is 15.1 Å². The van der Waals surface area contributed by atoms with Gasteiger partial charge in [0.15, 0.2) is 0 Å². The number of nitrogens with one attached hydrogen (secondary N) is 1. The van der Waals surface area contributed by atoms with Crippen LogP contribution in [0.15, 0.2) is 0 Å². The molecule has 2 aliphatic rings. The van der Waals surface area contributed by atoms with Gasteiger partial charge in [-0.3, -0.25) is 9.69 Å². The summed E-state index contributed by atoms with van der Waals surface area (Å²) < 4.78 is 4.75. The van der Waals surface area contributed by atoms with E-state index in [-0.39, 0.29) is 5.91 Å². The molecular weight excluding hydrogens is 222 g/mol. The van der Waals surface area contributed by atoms with Gasteiger partial charge in [0.05, 0.1) is 13.1 Å². The molecule has 2 aliphatic heterocycles. The molecular formula is C11H19N3O3. The second-order valence-corrected chi connectivity index (χ2v) is 4.82. The molecule has 2 unspecified atom stereocenters. The van der Waals surface area contributed by atoms with Crippen LogP contribution in [0.2, 0.25) is 0 Å². The van der Waals surface area contributed by atoms with E-state index in [9.17, 15) is 9.59 Å². The maximum atomic E-state index is 11.9. The Labute approximate surface area is 101 Å². The lowest BCUT2D eigenvalue weighted by atomic mass is 10.1. The highest BCUT2D eigenvalue weighted by atomic mass is 16.6. The Hall–Kier alpha value is -1.14. The summed E-state index contributed by atoms with van der Waals surface area (Å²) >= 11 is 0. The highest BCUT2D eigenvalue weighted by Gasteiger charge is 2.31. The van der Waals surface area contributed by atoms with Crippen LogP contribution in [0.1, 0.15) is 13.8 Å². The number of carbonyl (C=O) groups excluding carboxylic acids is 2. The number of carbonyl (C=O) groups is 2. The molecule has 0 aromatic carbocycles. The van der Waals surface area contributed by atoms with Gasteiger partial charge in [-0.25, -0.2) is 9.69 Å². The molecule has 6 nitrogen and oxygen atoms in total. The molecule has 0 saturated carbocycles. The monoisotopic (exact) mass is 241 g/mol. The Balaban J connectivity index is 1.87. The number of imide groups is 1. The lowest BCUT2D eigenvalue weighted by molar-refractivity contribution is -0.129. The standard InChI is InChI=1S/C11H19N3O3/c1-8-5-13(6-9(2)12-8)7-10(15)14-3-4-17-11(14)16/h8-9,12H,3-7H2,1-2H3. The molecule has 2 saturated heterocycles. The first-order valence-corrected chi connectivity index (χ1v) is 6.02. The van der Waals surface area contributed by atoms with Crippen LogP contribution in [0.25, 0.3) is 0 Å². The van der Waals surface area contributed by atoms with E-state index in [0.717, 1.165) is 13.1 Å². The van der Waals surface area contributed by atoms with Gasteiger partial charge >= 0.3 is 6.09 Å². The van der Waals surface area contributed by atoms with Crippen molar-refractivity contribution in [2.45, 2.75) is 25.9 Å². The van der Waals surface area contributed by atoms with Crippen LogP contribution in [0, 0.1) is 0 Å². The minimum atomic E-state index is -0.508. The second kappa shape index (κ2) is 5.01. The Morgan fingerprint density at radius 2 is 2.06 bits per heavy atom. The molecule has 0 aliphatic carbocycles. The van der Waals surface area contributed by atoms with Crippen LogP contribution in [0.3, 0.4) is 0 Å². The lowest BCUT2D eigenvalue weighted by Gasteiger charge is -2.35. The summed E-state index contributed by atoms with van der Waals surface area (Å²) in [6, 6.07) is 0.745. The molecule has 0 aromatic heterocycles. The topological polar surface area (TPSA) is 61.9 Å². The second-order valence-electron chi connectivity index (χ2n) is 4.82. The molecule has 17 heavy (non-hydrogen) atoms. The highest BCUT2D eigenvalue weighted by Crippen LogP contribution is 2.08. The normalized spacial score (nSPS) is 30.5. The van der Waals surface area contributed by atoms with Crippen molar-refractivity contribution < 1.29 is 14.3 Å². The molecule has 1 N–H and O–H groups in total. The number of nitrogens with zero attached hydrogens (tertiary/aromatic N) is 2. The first-order chi connectivity index (χ1) is 8.06. The molecule has 96 valence electrons. The first kappa shape index (κ1) is 12.3. The molecule has 0 spiro atoms. The SMILES string of the molecule is CC1CN(CC(=O)N2CCOC2=O)CC(C)N1. The van der Waals surface area contributed by atoms with Gasteiger partial charge in [0.2, 0.25) is 5.91 Å². The number of ether oxygens (including phenoxy) is 1. The molecule has 6 heteroatoms. The van der Waals surface area contributed by atoms with Crippen LogP contribution in [0.4, 0.5) is 4.79 Å². The van der Waals surface area contributed by atoms with Crippen molar-refractivity contribution in [2.24, 2.45) is 0 Å². The van der Waals surface area contributed by atoms with E-state index < -0.39 is 6.09 Å². The summed E-state index contributed by atoms with van der Waals surface area (Å²) in [5.74, 6) is -0.159. The Kier molecular flexibility index (Phi) is 3.63. The molecule has 2 atom stereocenters. The number of cyclic esters (lactones) is 1. The number of hydrogen-bond acceptors (Lipinski definition) is 5. The minimum Gasteiger partial charge on any atom is -0.447 e. The van der Waals surface area contributed by atoms with Crippen molar-refractivity contribution in [3.8, 4) is 0 Å². The van der Waals surface area contributed by atoms with Crippen LogP contribution < -0.4 is 5.32 Å². The van der Waals surface area contributed by atoms with E-state index >= 15 is 0 Å². The minimum absolute atomic E-state index is 0.159. The maximum Gasteiger partial charge on any atom is 0.416 e. The molecule has 0 radical (unpaired) electrons. The van der Waals surface area contributed by atoms with Crippen LogP contribution in [-0.2, 0) is 9.53 Å². The van der Waals surface area contributed by atoms with E-state index in [1.54, 1.807) is 0 Å². The quantitative estimate of drug-likeness (QED) is 0.716. The number of amides is 2. The van der Waals surface area contributed by atoms with E-state index in [4.69, 9.17) is 4.74 Å². The summed E-state index contributed by atoms with van der Waals surface area (Å²) in [5, 5.41) is 3.40. The third kappa shape index (κ3) is 2.95. The average molecular weight is 241 g/mol. The van der Waals surface area contributed by atoms with E-state index in [1.165, 1.54) is 4.90 Å². The fourth-order valence-corrected chi connectivity index (χ4v) is 2.47. The molecule has 0 aromatic rings. The smallest absolute Gasteiger partial charge is 0.416 e. The van der Waals surface area contributed by atoms with Gasteiger partial charge in [0.1, 0.15) is 6.61 Å². The van der Waals surface area contributed by atoms with Crippen molar-refractivity contribution >= 4 is 12.0 Å². The molecule has 0 bridgehead atoms. The number of hydrogen-bond donors (Lipinski definition) is 1. The predicted molar refractivity (Wildman–Crippen MR) is 61.6 cm³/mol. The molecule has 2 amide bonds. The fourth-order valence-electron chi connectivity index (χ4n) is 2.47. The summed E-state index contributed by atoms with van der Waals surface area (Å²) in [5.41, 5.74) is 0. The third-order valence-electron chi connectivity index (χ3n) is 3.05. The summed E-state index contributed by atoms with van der Waals surface area (Å²) in [7, 11) is 0. The van der Waals surface area contributed by atoms with Gasteiger partial charge in [-0.15, -0.1) is 0 Å². The summed E-state index contributed by atoms with van der Waals surface area (Å²) in [6.07, 6.45) is -0.508. The highest BCUT2D eigenvalue weighted by molar-refractivity contribution is 5.94. The van der Waals surface area contributed by atoms with Crippen LogP contribution in [-0.4, -0.2) is 66.7 Å². The van der Waals surface area contributed by atoms with Crippen molar-refractivity contribution in [1.29, 1.82) is 0 Å². The van der Waals surface area contributed by atoms with E-state index in [2.05, 4.69) is 24.1 Å². The van der Waals surface area contributed by atoms with Gasteiger partial charge < -0.3 is 10.1 Å². The van der Waals surface area contributed by atoms with Crippen molar-refractivity contribution in [2.75, 3.05) is 32.8 Å². The maximum absolute atomic E-state index is 11.9. The summed E-state index contributed by atoms with van der Waals surface area (Å²) in [6.45, 7) is 6.85. The average Bonchev–Trinajstić information content (AvgIpc) is 2.62.